The van der Waals surface area contributed by atoms with E-state index in [2.05, 4.69) is 17.6 Å². The fraction of sp³-hybridized carbons (Fsp3) is 0.750. The number of thiocarbonyl (C=S) groups is 1. The van der Waals surface area contributed by atoms with Gasteiger partial charge in [-0.25, -0.2) is 5.43 Å². The maximum absolute atomic E-state index is 5.25. The van der Waals surface area contributed by atoms with Crippen LogP contribution in [0.3, 0.4) is 0 Å². The molecule has 0 radical (unpaired) electrons. The molecular formula is C4H12ClN3S. The molecule has 0 aromatic rings. The SMILES string of the molecule is CCN(NC)C(N)=S.Cl. The average Bonchev–Trinajstić information content (AvgIpc) is 1.69. The van der Waals surface area contributed by atoms with Crippen LogP contribution in [0.5, 0.6) is 0 Å². The van der Waals surface area contributed by atoms with E-state index in [0.717, 1.165) is 6.54 Å². The summed E-state index contributed by atoms with van der Waals surface area (Å²) < 4.78 is 0. The lowest BCUT2D eigenvalue weighted by atomic mass is 10.7. The van der Waals surface area contributed by atoms with Gasteiger partial charge < -0.3 is 5.73 Å². The van der Waals surface area contributed by atoms with Crippen molar-refractivity contribution >= 4 is 29.7 Å². The molecule has 0 aliphatic carbocycles. The molecule has 0 bridgehead atoms. The zero-order valence-corrected chi connectivity index (χ0v) is 7.18. The Bertz CT molecular complexity index is 83.9. The molecule has 5 heteroatoms. The quantitative estimate of drug-likeness (QED) is 0.455. The molecule has 0 fully saturated rings. The molecule has 0 aromatic carbocycles. The van der Waals surface area contributed by atoms with Crippen molar-refractivity contribution in [1.29, 1.82) is 0 Å². The van der Waals surface area contributed by atoms with Crippen LogP contribution >= 0.6 is 24.6 Å². The average molecular weight is 170 g/mol. The van der Waals surface area contributed by atoms with Crippen LogP contribution in [0.25, 0.3) is 0 Å². The molecule has 0 aromatic heterocycles. The Kier molecular flexibility index (Phi) is 7.89. The van der Waals surface area contributed by atoms with Crippen LogP contribution in [0.4, 0.5) is 0 Å². The molecule has 0 saturated carbocycles. The predicted molar refractivity (Wildman–Crippen MR) is 45.5 cm³/mol. The first-order valence-electron chi connectivity index (χ1n) is 2.46. The van der Waals surface area contributed by atoms with Gasteiger partial charge in [0.25, 0.3) is 0 Å². The van der Waals surface area contributed by atoms with Crippen LogP contribution in [-0.4, -0.2) is 23.7 Å². The molecule has 0 atom stereocenters. The summed E-state index contributed by atoms with van der Waals surface area (Å²) in [6.07, 6.45) is 0. The standard InChI is InChI=1S/C4H11N3S.ClH/c1-3-7(6-2)4(5)8;/h6H,3H2,1-2H3,(H2,5,8);1H. The lowest BCUT2D eigenvalue weighted by Gasteiger charge is -2.17. The molecule has 0 spiro atoms. The number of nitrogens with zero attached hydrogens (tertiary/aromatic N) is 1. The van der Waals surface area contributed by atoms with E-state index in [1.165, 1.54) is 0 Å². The molecule has 0 heterocycles. The Balaban J connectivity index is 0. The molecule has 0 rings (SSSR count). The molecule has 0 aliphatic heterocycles. The molecular weight excluding hydrogens is 158 g/mol. The second-order valence-electron chi connectivity index (χ2n) is 1.31. The van der Waals surface area contributed by atoms with Gasteiger partial charge in [-0.15, -0.1) is 12.4 Å². The van der Waals surface area contributed by atoms with E-state index in [1.54, 1.807) is 12.1 Å². The number of hydrogen-bond donors (Lipinski definition) is 2. The van der Waals surface area contributed by atoms with E-state index < -0.39 is 0 Å². The number of hydrogen-bond acceptors (Lipinski definition) is 2. The van der Waals surface area contributed by atoms with Gasteiger partial charge in [-0.05, 0) is 19.1 Å². The highest BCUT2D eigenvalue weighted by Gasteiger charge is 1.95. The molecule has 3 nitrogen and oxygen atoms in total. The van der Waals surface area contributed by atoms with Gasteiger partial charge in [-0.1, -0.05) is 0 Å². The van der Waals surface area contributed by atoms with Gasteiger partial charge in [0, 0.05) is 13.6 Å². The summed E-state index contributed by atoms with van der Waals surface area (Å²) in [5.74, 6) is 0. The summed E-state index contributed by atoms with van der Waals surface area (Å²) >= 11 is 4.66. The normalized spacial score (nSPS) is 7.78. The van der Waals surface area contributed by atoms with Gasteiger partial charge in [-0.3, -0.25) is 5.01 Å². The fourth-order valence-corrected chi connectivity index (χ4v) is 0.645. The van der Waals surface area contributed by atoms with Crippen molar-refractivity contribution in [2.75, 3.05) is 13.6 Å². The molecule has 0 amide bonds. The minimum atomic E-state index is 0. The van der Waals surface area contributed by atoms with Gasteiger partial charge in [0.05, 0.1) is 0 Å². The van der Waals surface area contributed by atoms with E-state index in [4.69, 9.17) is 5.73 Å². The lowest BCUT2D eigenvalue weighted by Crippen LogP contribution is -2.43. The highest BCUT2D eigenvalue weighted by atomic mass is 35.5. The zero-order chi connectivity index (χ0) is 6.57. The van der Waals surface area contributed by atoms with Gasteiger partial charge >= 0.3 is 0 Å². The highest BCUT2D eigenvalue weighted by molar-refractivity contribution is 7.80. The summed E-state index contributed by atoms with van der Waals surface area (Å²) in [7, 11) is 1.78. The summed E-state index contributed by atoms with van der Waals surface area (Å²) in [5, 5.41) is 2.06. The maximum Gasteiger partial charge on any atom is 0.180 e. The lowest BCUT2D eigenvalue weighted by molar-refractivity contribution is 0.359. The van der Waals surface area contributed by atoms with Crippen LogP contribution in [0.1, 0.15) is 6.92 Å². The fourth-order valence-electron chi connectivity index (χ4n) is 0.424. The maximum atomic E-state index is 5.25. The summed E-state index contributed by atoms with van der Waals surface area (Å²) in [6.45, 7) is 2.77. The Morgan fingerprint density at radius 3 is 2.22 bits per heavy atom. The van der Waals surface area contributed by atoms with Gasteiger partial charge in [0.2, 0.25) is 0 Å². The van der Waals surface area contributed by atoms with Gasteiger partial charge in [-0.2, -0.15) is 0 Å². The number of halogens is 1. The monoisotopic (exact) mass is 169 g/mol. The van der Waals surface area contributed by atoms with Crippen LogP contribution in [0.2, 0.25) is 0 Å². The molecule has 3 N–H and O–H groups in total. The van der Waals surface area contributed by atoms with E-state index >= 15 is 0 Å². The van der Waals surface area contributed by atoms with Crippen molar-refractivity contribution < 1.29 is 0 Å². The Hall–Kier alpha value is -0.0600. The van der Waals surface area contributed by atoms with Gasteiger partial charge in [0.15, 0.2) is 5.11 Å². The zero-order valence-electron chi connectivity index (χ0n) is 5.55. The first-order valence-corrected chi connectivity index (χ1v) is 2.87. The smallest absolute Gasteiger partial charge is 0.180 e. The Morgan fingerprint density at radius 1 is 1.78 bits per heavy atom. The molecule has 0 aliphatic rings. The predicted octanol–water partition coefficient (Wildman–Crippen LogP) is 0.108. The number of nitrogens with one attached hydrogen (secondary N) is 1. The van der Waals surface area contributed by atoms with E-state index in [-0.39, 0.29) is 12.4 Å². The van der Waals surface area contributed by atoms with Crippen LogP contribution < -0.4 is 11.2 Å². The molecule has 0 unspecified atom stereocenters. The van der Waals surface area contributed by atoms with Crippen molar-refractivity contribution in [3.63, 3.8) is 0 Å². The van der Waals surface area contributed by atoms with E-state index in [0.29, 0.717) is 5.11 Å². The Morgan fingerprint density at radius 2 is 2.22 bits per heavy atom. The molecule has 56 valence electrons. The highest BCUT2D eigenvalue weighted by Crippen LogP contribution is 1.76. The second kappa shape index (κ2) is 6.07. The van der Waals surface area contributed by atoms with Crippen molar-refractivity contribution in [2.45, 2.75) is 6.92 Å². The molecule has 9 heavy (non-hydrogen) atoms. The van der Waals surface area contributed by atoms with Crippen molar-refractivity contribution in [2.24, 2.45) is 5.73 Å². The first-order chi connectivity index (χ1) is 3.72. The molecule has 0 saturated heterocycles. The summed E-state index contributed by atoms with van der Waals surface area (Å²) in [4.78, 5) is 0. The first kappa shape index (κ1) is 11.7. The number of hydrazine groups is 1. The minimum absolute atomic E-state index is 0. The van der Waals surface area contributed by atoms with Crippen LogP contribution in [0.15, 0.2) is 0 Å². The van der Waals surface area contributed by atoms with Crippen molar-refractivity contribution in [3.8, 4) is 0 Å². The van der Waals surface area contributed by atoms with Crippen molar-refractivity contribution in [3.05, 3.63) is 0 Å². The third-order valence-corrected chi connectivity index (χ3v) is 1.07. The van der Waals surface area contributed by atoms with Crippen LogP contribution in [-0.2, 0) is 0 Å². The third-order valence-electron chi connectivity index (χ3n) is 0.852. The largest absolute Gasteiger partial charge is 0.375 e. The van der Waals surface area contributed by atoms with E-state index in [1.807, 2.05) is 6.92 Å². The second-order valence-corrected chi connectivity index (χ2v) is 1.72. The van der Waals surface area contributed by atoms with E-state index in [9.17, 15) is 0 Å². The minimum Gasteiger partial charge on any atom is -0.375 e. The van der Waals surface area contributed by atoms with Gasteiger partial charge in [0.1, 0.15) is 0 Å². The summed E-state index contributed by atoms with van der Waals surface area (Å²) in [6, 6.07) is 0. The van der Waals surface area contributed by atoms with Crippen molar-refractivity contribution in [1.82, 2.24) is 10.4 Å². The number of nitrogens with two attached hydrogens (primary N) is 1. The third kappa shape index (κ3) is 4.44. The Labute approximate surface area is 67.0 Å². The number of rotatable bonds is 2. The topological polar surface area (TPSA) is 41.3 Å². The summed E-state index contributed by atoms with van der Waals surface area (Å²) in [5.41, 5.74) is 8.07. The van der Waals surface area contributed by atoms with Crippen LogP contribution in [0, 0.1) is 0 Å².